The number of nitrogens with zero attached hydrogens (tertiary/aromatic N) is 4. The lowest BCUT2D eigenvalue weighted by Crippen LogP contribution is -2.24. The molecule has 160 valence electrons. The number of amides is 1. The van der Waals surface area contributed by atoms with E-state index in [0.717, 1.165) is 5.56 Å². The van der Waals surface area contributed by atoms with Crippen LogP contribution in [0.2, 0.25) is 0 Å². The molecule has 1 N–H and O–H groups in total. The summed E-state index contributed by atoms with van der Waals surface area (Å²) in [5, 5.41) is 10.1. The van der Waals surface area contributed by atoms with Crippen LogP contribution in [-0.4, -0.2) is 27.5 Å². The minimum atomic E-state index is -0.671. The third-order valence-electron chi connectivity index (χ3n) is 4.47. The average molecular weight is 421 g/mol. The molecule has 0 saturated carbocycles. The molecular weight excluding hydrogens is 398 g/mol. The van der Waals surface area contributed by atoms with E-state index >= 15 is 0 Å². The van der Waals surface area contributed by atoms with Gasteiger partial charge >= 0.3 is 6.09 Å². The Kier molecular flexibility index (Phi) is 6.86. The summed E-state index contributed by atoms with van der Waals surface area (Å²) in [5.74, 6) is 0. The van der Waals surface area contributed by atoms with E-state index in [0.29, 0.717) is 22.6 Å². The molecule has 0 atom stereocenters. The molecule has 0 spiro atoms. The lowest BCUT2D eigenvalue weighted by Gasteiger charge is -2.16. The number of anilines is 1. The van der Waals surface area contributed by atoms with Crippen LogP contribution in [0.3, 0.4) is 0 Å². The SMILES string of the molecule is CCOC(=O)Nc1cc(-c2ccc(=O)n(C(C)C)n2)c(-c2ccccc2)nc1CN=O. The van der Waals surface area contributed by atoms with Crippen molar-refractivity contribution in [3.05, 3.63) is 69.5 Å². The minimum absolute atomic E-state index is 0.142. The van der Waals surface area contributed by atoms with E-state index in [9.17, 15) is 14.5 Å². The van der Waals surface area contributed by atoms with E-state index in [1.54, 1.807) is 19.1 Å². The van der Waals surface area contributed by atoms with Crippen LogP contribution in [0.4, 0.5) is 10.5 Å². The number of carbonyl (C=O) groups excluding carboxylic acids is 1. The summed E-state index contributed by atoms with van der Waals surface area (Å²) < 4.78 is 6.34. The molecule has 3 rings (SSSR count). The van der Waals surface area contributed by atoms with E-state index < -0.39 is 6.09 Å². The van der Waals surface area contributed by atoms with Crippen LogP contribution in [0.25, 0.3) is 22.5 Å². The fourth-order valence-corrected chi connectivity index (χ4v) is 3.07. The molecule has 9 heteroatoms. The van der Waals surface area contributed by atoms with E-state index in [2.05, 4.69) is 20.6 Å². The molecule has 0 saturated heterocycles. The van der Waals surface area contributed by atoms with E-state index in [-0.39, 0.29) is 30.4 Å². The smallest absolute Gasteiger partial charge is 0.411 e. The molecule has 0 fully saturated rings. The number of hydrogen-bond donors (Lipinski definition) is 1. The number of benzene rings is 1. The molecule has 0 aliphatic heterocycles. The monoisotopic (exact) mass is 421 g/mol. The zero-order valence-corrected chi connectivity index (χ0v) is 17.5. The number of rotatable bonds is 7. The normalized spacial score (nSPS) is 10.7. The maximum Gasteiger partial charge on any atom is 0.411 e. The number of aromatic nitrogens is 3. The van der Waals surface area contributed by atoms with Gasteiger partial charge in [0.05, 0.1) is 35.4 Å². The Morgan fingerprint density at radius 2 is 1.94 bits per heavy atom. The Labute approximate surface area is 179 Å². The Morgan fingerprint density at radius 3 is 2.58 bits per heavy atom. The number of ether oxygens (including phenoxy) is 1. The summed E-state index contributed by atoms with van der Waals surface area (Å²) in [6.07, 6.45) is -0.671. The highest BCUT2D eigenvalue weighted by molar-refractivity contribution is 5.89. The Balaban J connectivity index is 2.26. The average Bonchev–Trinajstić information content (AvgIpc) is 2.76. The van der Waals surface area contributed by atoms with Gasteiger partial charge in [-0.25, -0.2) is 14.5 Å². The summed E-state index contributed by atoms with van der Waals surface area (Å²) in [6.45, 7) is 5.37. The van der Waals surface area contributed by atoms with Crippen molar-refractivity contribution in [2.75, 3.05) is 11.9 Å². The van der Waals surface area contributed by atoms with Gasteiger partial charge in [-0.05, 0) is 32.9 Å². The Bertz CT molecular complexity index is 1140. The van der Waals surface area contributed by atoms with Gasteiger partial charge in [0, 0.05) is 17.2 Å². The van der Waals surface area contributed by atoms with Gasteiger partial charge in [0.15, 0.2) is 0 Å². The quantitative estimate of drug-likeness (QED) is 0.566. The maximum absolute atomic E-state index is 12.2. The molecule has 0 unspecified atom stereocenters. The van der Waals surface area contributed by atoms with Gasteiger partial charge in [0.2, 0.25) is 0 Å². The van der Waals surface area contributed by atoms with E-state index in [1.807, 2.05) is 44.2 Å². The molecule has 2 heterocycles. The fourth-order valence-electron chi connectivity index (χ4n) is 3.07. The number of pyridine rings is 1. The second kappa shape index (κ2) is 9.75. The standard InChI is InChI=1S/C22H23N5O4/c1-4-31-22(29)25-18-12-16(17-10-11-20(28)27(26-17)14(2)3)21(24-19(18)13-23-30)15-8-6-5-7-9-15/h5-12,14H,4,13H2,1-3H3,(H,25,29). The number of nitrogens with one attached hydrogen (secondary N) is 1. The van der Waals surface area contributed by atoms with Gasteiger partial charge in [0.25, 0.3) is 5.56 Å². The molecule has 0 aliphatic carbocycles. The Hall–Kier alpha value is -3.88. The first-order valence-corrected chi connectivity index (χ1v) is 9.87. The maximum atomic E-state index is 12.2. The van der Waals surface area contributed by atoms with Crippen molar-refractivity contribution in [2.45, 2.75) is 33.4 Å². The van der Waals surface area contributed by atoms with Crippen LogP contribution in [0.1, 0.15) is 32.5 Å². The summed E-state index contributed by atoms with van der Waals surface area (Å²) in [5.41, 5.74) is 2.78. The van der Waals surface area contributed by atoms with Crippen molar-refractivity contribution in [2.24, 2.45) is 5.18 Å². The van der Waals surface area contributed by atoms with E-state index in [4.69, 9.17) is 4.74 Å². The van der Waals surface area contributed by atoms with Crippen LogP contribution in [0, 0.1) is 4.91 Å². The highest BCUT2D eigenvalue weighted by Crippen LogP contribution is 2.33. The second-order valence-corrected chi connectivity index (χ2v) is 6.97. The molecule has 1 aromatic carbocycles. The molecule has 0 bridgehead atoms. The predicted octanol–water partition coefficient (Wildman–Crippen LogP) is 4.39. The summed E-state index contributed by atoms with van der Waals surface area (Å²) in [4.78, 5) is 39.9. The van der Waals surface area contributed by atoms with Gasteiger partial charge in [-0.3, -0.25) is 10.1 Å². The molecule has 31 heavy (non-hydrogen) atoms. The third kappa shape index (κ3) is 5.00. The summed E-state index contributed by atoms with van der Waals surface area (Å²) >= 11 is 0. The first-order valence-electron chi connectivity index (χ1n) is 9.87. The van der Waals surface area contributed by atoms with Crippen molar-refractivity contribution in [1.82, 2.24) is 14.8 Å². The molecule has 0 radical (unpaired) electrons. The Morgan fingerprint density at radius 1 is 1.19 bits per heavy atom. The first-order chi connectivity index (χ1) is 14.9. The number of hydrogen-bond acceptors (Lipinski definition) is 7. The lowest BCUT2D eigenvalue weighted by molar-refractivity contribution is 0.168. The zero-order valence-electron chi connectivity index (χ0n) is 17.5. The topological polar surface area (TPSA) is 116 Å². The van der Waals surface area contributed by atoms with Gasteiger partial charge < -0.3 is 4.74 Å². The van der Waals surface area contributed by atoms with Crippen LogP contribution < -0.4 is 10.9 Å². The number of carbonyl (C=O) groups is 1. The van der Waals surface area contributed by atoms with Crippen LogP contribution >= 0.6 is 0 Å². The molecule has 9 nitrogen and oxygen atoms in total. The van der Waals surface area contributed by atoms with Crippen LogP contribution in [0.15, 0.2) is 58.5 Å². The van der Waals surface area contributed by atoms with Gasteiger partial charge in [-0.2, -0.15) is 10.0 Å². The molecule has 0 aliphatic rings. The third-order valence-corrected chi connectivity index (χ3v) is 4.47. The second-order valence-electron chi connectivity index (χ2n) is 6.97. The van der Waals surface area contributed by atoms with Crippen molar-refractivity contribution >= 4 is 11.8 Å². The van der Waals surface area contributed by atoms with Gasteiger partial charge in [-0.15, -0.1) is 0 Å². The molecule has 3 aromatic rings. The molecular formula is C22H23N5O4. The molecule has 2 aromatic heterocycles. The van der Waals surface area contributed by atoms with Gasteiger partial charge in [-0.1, -0.05) is 35.5 Å². The van der Waals surface area contributed by atoms with Gasteiger partial charge in [0.1, 0.15) is 6.54 Å². The van der Waals surface area contributed by atoms with Crippen molar-refractivity contribution < 1.29 is 9.53 Å². The summed E-state index contributed by atoms with van der Waals surface area (Å²) in [7, 11) is 0. The minimum Gasteiger partial charge on any atom is -0.450 e. The first kappa shape index (κ1) is 21.8. The van der Waals surface area contributed by atoms with E-state index in [1.165, 1.54) is 10.7 Å². The fraction of sp³-hybridized carbons (Fsp3) is 0.273. The lowest BCUT2D eigenvalue weighted by atomic mass is 10.0. The zero-order chi connectivity index (χ0) is 22.4. The summed E-state index contributed by atoms with van der Waals surface area (Å²) in [6, 6.07) is 13.9. The highest BCUT2D eigenvalue weighted by atomic mass is 16.5. The van der Waals surface area contributed by atoms with Crippen LogP contribution in [0.5, 0.6) is 0 Å². The van der Waals surface area contributed by atoms with Crippen molar-refractivity contribution in [3.63, 3.8) is 0 Å². The molecule has 1 amide bonds. The largest absolute Gasteiger partial charge is 0.450 e. The van der Waals surface area contributed by atoms with Crippen LogP contribution in [-0.2, 0) is 11.3 Å². The highest BCUT2D eigenvalue weighted by Gasteiger charge is 2.19. The predicted molar refractivity (Wildman–Crippen MR) is 118 cm³/mol. The van der Waals surface area contributed by atoms with Crippen molar-refractivity contribution in [1.29, 1.82) is 0 Å². The number of nitroso groups, excluding NO2 is 1. The van der Waals surface area contributed by atoms with Crippen molar-refractivity contribution in [3.8, 4) is 22.5 Å².